The lowest BCUT2D eigenvalue weighted by Gasteiger charge is -2.40. The minimum absolute atomic E-state index is 0.124. The SMILES string of the molecule is COc1cc2ncn([C@H]3[C@@H]4OC[C@@H](O4)[C@@H](NC4CCCC4)[C@@H]3O)c2cc1OC. The van der Waals surface area contributed by atoms with Gasteiger partial charge in [-0.15, -0.1) is 0 Å². The molecule has 8 nitrogen and oxygen atoms in total. The number of rotatable bonds is 5. The van der Waals surface area contributed by atoms with Gasteiger partial charge in [-0.1, -0.05) is 12.8 Å². The van der Waals surface area contributed by atoms with Crippen LogP contribution >= 0.6 is 0 Å². The molecule has 1 aromatic heterocycles. The number of aliphatic hydroxyl groups is 1. The minimum Gasteiger partial charge on any atom is -0.493 e. The molecule has 8 heteroatoms. The summed E-state index contributed by atoms with van der Waals surface area (Å²) in [6.07, 6.45) is 5.25. The molecule has 0 spiro atoms. The van der Waals surface area contributed by atoms with Crippen molar-refractivity contribution in [3.05, 3.63) is 18.5 Å². The molecule has 2 N–H and O–H groups in total. The molecule has 152 valence electrons. The number of nitrogens with zero attached hydrogens (tertiary/aromatic N) is 2. The van der Waals surface area contributed by atoms with E-state index in [4.69, 9.17) is 18.9 Å². The van der Waals surface area contributed by atoms with Crippen molar-refractivity contribution in [3.63, 3.8) is 0 Å². The van der Waals surface area contributed by atoms with Crippen molar-refractivity contribution in [3.8, 4) is 11.5 Å². The zero-order valence-corrected chi connectivity index (χ0v) is 16.2. The van der Waals surface area contributed by atoms with Crippen LogP contribution < -0.4 is 14.8 Å². The van der Waals surface area contributed by atoms with Crippen molar-refractivity contribution in [2.45, 2.75) is 62.3 Å². The van der Waals surface area contributed by atoms with E-state index in [-0.39, 0.29) is 18.2 Å². The predicted molar refractivity (Wildman–Crippen MR) is 102 cm³/mol. The summed E-state index contributed by atoms with van der Waals surface area (Å²) in [5, 5.41) is 14.9. The summed E-state index contributed by atoms with van der Waals surface area (Å²) >= 11 is 0. The van der Waals surface area contributed by atoms with E-state index in [2.05, 4.69) is 10.3 Å². The van der Waals surface area contributed by atoms with Gasteiger partial charge in [-0.3, -0.25) is 0 Å². The van der Waals surface area contributed by atoms with E-state index in [1.54, 1.807) is 20.5 Å². The summed E-state index contributed by atoms with van der Waals surface area (Å²) in [6.45, 7) is 0.492. The van der Waals surface area contributed by atoms with E-state index in [1.807, 2.05) is 16.7 Å². The molecule has 0 amide bonds. The van der Waals surface area contributed by atoms with E-state index < -0.39 is 12.4 Å². The number of imidazole rings is 1. The Hall–Kier alpha value is -1.87. The number of hydrogen-bond donors (Lipinski definition) is 2. The van der Waals surface area contributed by atoms with Crippen molar-refractivity contribution < 1.29 is 24.1 Å². The number of aromatic nitrogens is 2. The first-order valence-corrected chi connectivity index (χ1v) is 9.99. The van der Waals surface area contributed by atoms with Crippen molar-refractivity contribution in [2.24, 2.45) is 0 Å². The van der Waals surface area contributed by atoms with Crippen molar-refractivity contribution in [1.82, 2.24) is 14.9 Å². The standard InChI is InChI=1S/C20H27N3O5/c1-25-14-7-12-13(8-15(14)26-2)23(10-21-12)18-19(24)17(16-9-27-20(18)28-16)22-11-5-3-4-6-11/h7-8,10-11,16-20,22,24H,3-6,9H2,1-2H3/t16-,17-,18-,19+,20-/m1/s1. The quantitative estimate of drug-likeness (QED) is 0.803. The Morgan fingerprint density at radius 3 is 2.68 bits per heavy atom. The molecule has 5 rings (SSSR count). The lowest BCUT2D eigenvalue weighted by molar-refractivity contribution is -0.165. The molecule has 2 aromatic rings. The molecule has 3 heterocycles. The average molecular weight is 389 g/mol. The van der Waals surface area contributed by atoms with Crippen LogP contribution in [-0.2, 0) is 9.47 Å². The summed E-state index contributed by atoms with van der Waals surface area (Å²) in [4.78, 5) is 4.51. The van der Waals surface area contributed by atoms with Crippen molar-refractivity contribution in [2.75, 3.05) is 20.8 Å². The molecule has 2 saturated heterocycles. The predicted octanol–water partition coefficient (Wildman–Crippen LogP) is 1.61. The molecule has 2 bridgehead atoms. The number of methoxy groups -OCH3 is 2. The first-order chi connectivity index (χ1) is 13.7. The second-order valence-electron chi connectivity index (χ2n) is 7.88. The van der Waals surface area contributed by atoms with Gasteiger partial charge in [-0.2, -0.15) is 0 Å². The average Bonchev–Trinajstić information content (AvgIpc) is 3.45. The number of hydrogen-bond acceptors (Lipinski definition) is 7. The molecule has 0 unspecified atom stereocenters. The van der Waals surface area contributed by atoms with Gasteiger partial charge in [0.2, 0.25) is 0 Å². The third kappa shape index (κ3) is 2.86. The molecule has 28 heavy (non-hydrogen) atoms. The summed E-state index contributed by atoms with van der Waals surface area (Å²) in [7, 11) is 3.21. The van der Waals surface area contributed by atoms with Gasteiger partial charge in [0, 0.05) is 18.2 Å². The van der Waals surface area contributed by atoms with Crippen LogP contribution in [0.1, 0.15) is 31.7 Å². The highest BCUT2D eigenvalue weighted by molar-refractivity contribution is 5.80. The van der Waals surface area contributed by atoms with E-state index in [0.717, 1.165) is 23.9 Å². The van der Waals surface area contributed by atoms with E-state index in [9.17, 15) is 5.11 Å². The second-order valence-corrected chi connectivity index (χ2v) is 7.88. The second kappa shape index (κ2) is 7.18. The Labute approximate surface area is 163 Å². The third-order valence-corrected chi connectivity index (χ3v) is 6.32. The highest BCUT2D eigenvalue weighted by Crippen LogP contribution is 2.40. The normalized spacial score (nSPS) is 32.9. The molecule has 1 aromatic carbocycles. The zero-order chi connectivity index (χ0) is 19.3. The maximum Gasteiger partial charge on any atom is 0.181 e. The van der Waals surface area contributed by atoms with Crippen LogP contribution in [0, 0.1) is 0 Å². The molecular weight excluding hydrogens is 362 g/mol. The Balaban J connectivity index is 1.50. The van der Waals surface area contributed by atoms with E-state index in [1.165, 1.54) is 12.8 Å². The van der Waals surface area contributed by atoms with Gasteiger partial charge in [0.1, 0.15) is 12.1 Å². The smallest absolute Gasteiger partial charge is 0.181 e. The Kier molecular flexibility index (Phi) is 4.66. The van der Waals surface area contributed by atoms with Gasteiger partial charge >= 0.3 is 0 Å². The largest absolute Gasteiger partial charge is 0.493 e. The third-order valence-electron chi connectivity index (χ3n) is 6.32. The van der Waals surface area contributed by atoms with Crippen LogP contribution in [0.2, 0.25) is 0 Å². The van der Waals surface area contributed by atoms with Gasteiger partial charge in [0.25, 0.3) is 0 Å². The maximum absolute atomic E-state index is 11.3. The van der Waals surface area contributed by atoms with E-state index in [0.29, 0.717) is 24.1 Å². The van der Waals surface area contributed by atoms with Gasteiger partial charge < -0.3 is 33.9 Å². The first kappa shape index (κ1) is 18.2. The van der Waals surface area contributed by atoms with Crippen molar-refractivity contribution >= 4 is 11.0 Å². The summed E-state index contributed by atoms with van der Waals surface area (Å²) in [5.74, 6) is 1.24. The van der Waals surface area contributed by atoms with E-state index >= 15 is 0 Å². The highest BCUT2D eigenvalue weighted by atomic mass is 16.7. The van der Waals surface area contributed by atoms with Gasteiger partial charge in [0.15, 0.2) is 17.8 Å². The van der Waals surface area contributed by atoms with Crippen LogP contribution in [0.3, 0.4) is 0 Å². The number of aliphatic hydroxyl groups excluding tert-OH is 1. The van der Waals surface area contributed by atoms with Crippen LogP contribution in [-0.4, -0.2) is 66.1 Å². The van der Waals surface area contributed by atoms with Gasteiger partial charge in [0.05, 0.1) is 50.3 Å². The Bertz CT molecular complexity index is 850. The Morgan fingerprint density at radius 1 is 1.18 bits per heavy atom. The summed E-state index contributed by atoms with van der Waals surface area (Å²) < 4.78 is 24.8. The molecule has 3 fully saturated rings. The number of ether oxygens (including phenoxy) is 4. The number of benzene rings is 1. The lowest BCUT2D eigenvalue weighted by Crippen LogP contribution is -2.59. The summed E-state index contributed by atoms with van der Waals surface area (Å²) in [6, 6.07) is 3.61. The minimum atomic E-state index is -0.641. The molecule has 1 saturated carbocycles. The zero-order valence-electron chi connectivity index (χ0n) is 16.2. The van der Waals surface area contributed by atoms with Gasteiger partial charge in [-0.25, -0.2) is 4.98 Å². The fourth-order valence-electron chi connectivity index (χ4n) is 4.86. The number of fused-ring (bicyclic) bond motifs is 3. The highest BCUT2D eigenvalue weighted by Gasteiger charge is 2.51. The molecule has 0 radical (unpaired) electrons. The lowest BCUT2D eigenvalue weighted by atomic mass is 9.94. The fourth-order valence-corrected chi connectivity index (χ4v) is 4.86. The topological polar surface area (TPSA) is 87.0 Å². The van der Waals surface area contributed by atoms with Crippen LogP contribution in [0.4, 0.5) is 0 Å². The maximum atomic E-state index is 11.3. The van der Waals surface area contributed by atoms with Crippen molar-refractivity contribution in [1.29, 1.82) is 0 Å². The number of nitrogens with one attached hydrogen (secondary N) is 1. The van der Waals surface area contributed by atoms with Crippen LogP contribution in [0.25, 0.3) is 11.0 Å². The first-order valence-electron chi connectivity index (χ1n) is 9.99. The molecule has 3 aliphatic rings. The summed E-state index contributed by atoms with van der Waals surface area (Å²) in [5.41, 5.74) is 1.61. The molecule has 2 aliphatic heterocycles. The van der Waals surface area contributed by atoms with Crippen LogP contribution in [0.15, 0.2) is 18.5 Å². The van der Waals surface area contributed by atoms with Crippen LogP contribution in [0.5, 0.6) is 11.5 Å². The van der Waals surface area contributed by atoms with Gasteiger partial charge in [-0.05, 0) is 12.8 Å². The molecule has 5 atom stereocenters. The monoisotopic (exact) mass is 389 g/mol. The molecular formula is C20H27N3O5. The molecule has 1 aliphatic carbocycles. The fraction of sp³-hybridized carbons (Fsp3) is 0.650. The Morgan fingerprint density at radius 2 is 1.93 bits per heavy atom.